The van der Waals surface area contributed by atoms with Gasteiger partial charge in [0.15, 0.2) is 17.3 Å². The number of ether oxygens (including phenoxy) is 1. The van der Waals surface area contributed by atoms with E-state index in [1.54, 1.807) is 13.8 Å². The monoisotopic (exact) mass is 484 g/mol. The number of ketones is 3. The Kier molecular flexibility index (Phi) is 6.96. The van der Waals surface area contributed by atoms with E-state index in [9.17, 15) is 19.5 Å². The van der Waals surface area contributed by atoms with E-state index in [0.29, 0.717) is 18.4 Å². The molecule has 0 aromatic rings. The van der Waals surface area contributed by atoms with Gasteiger partial charge in [0, 0.05) is 17.9 Å². The first-order valence-electron chi connectivity index (χ1n) is 13.0. The Balaban J connectivity index is 2.39. The summed E-state index contributed by atoms with van der Waals surface area (Å²) < 4.78 is 6.28. The zero-order valence-corrected chi connectivity index (χ0v) is 23.3. The number of aliphatic hydroxyl groups is 1. The third-order valence-corrected chi connectivity index (χ3v) is 8.78. The van der Waals surface area contributed by atoms with Crippen LogP contribution in [-0.4, -0.2) is 34.2 Å². The quantitative estimate of drug-likeness (QED) is 0.359. The maximum atomic E-state index is 14.8. The second-order valence-corrected chi connectivity index (χ2v) is 12.9. The number of Topliss-reactive ketones (excluding diaryl/α,β-unsaturated/α-hetero) is 3. The molecular formula is C30H44O5. The lowest BCUT2D eigenvalue weighted by molar-refractivity contribution is -0.176. The number of carbonyl (C=O) groups is 3. The van der Waals surface area contributed by atoms with Crippen LogP contribution < -0.4 is 0 Å². The third kappa shape index (κ3) is 3.98. The Morgan fingerprint density at radius 3 is 2.17 bits per heavy atom. The van der Waals surface area contributed by atoms with Gasteiger partial charge < -0.3 is 9.84 Å². The van der Waals surface area contributed by atoms with E-state index in [1.165, 1.54) is 0 Å². The highest BCUT2D eigenvalue weighted by Gasteiger charge is 2.75. The molecule has 3 aliphatic rings. The van der Waals surface area contributed by atoms with Crippen molar-refractivity contribution < 1.29 is 24.2 Å². The largest absolute Gasteiger partial charge is 0.489 e. The molecule has 0 saturated heterocycles. The van der Waals surface area contributed by atoms with Crippen LogP contribution in [0.1, 0.15) is 94.9 Å². The van der Waals surface area contributed by atoms with Crippen LogP contribution in [0.25, 0.3) is 0 Å². The molecule has 4 atom stereocenters. The van der Waals surface area contributed by atoms with E-state index in [2.05, 4.69) is 6.08 Å². The summed E-state index contributed by atoms with van der Waals surface area (Å²) in [7, 11) is 0. The Morgan fingerprint density at radius 1 is 1.11 bits per heavy atom. The second-order valence-electron chi connectivity index (χ2n) is 12.9. The number of allylic oxidation sites excluding steroid dienone is 5. The maximum absolute atomic E-state index is 14.8. The molecule has 0 aromatic heterocycles. The van der Waals surface area contributed by atoms with Gasteiger partial charge in [-0.25, -0.2) is 0 Å². The number of carbonyl (C=O) groups excluding carboxylic acids is 3. The minimum absolute atomic E-state index is 0.0776. The zero-order chi connectivity index (χ0) is 26.7. The van der Waals surface area contributed by atoms with Crippen molar-refractivity contribution in [2.24, 2.45) is 28.1 Å². The van der Waals surface area contributed by atoms with Crippen molar-refractivity contribution >= 4 is 17.3 Å². The third-order valence-electron chi connectivity index (χ3n) is 8.78. The SMILES string of the molecule is CC(C)=CC[C@@H]1C[C@@]2(C(=O)C(C)C)C(=O)[C@](CC=C(C)C)(C(=O)C3=C2O[C@H](C(C)(C)O)C3)C1(C)C. The van der Waals surface area contributed by atoms with Crippen LogP contribution in [0.15, 0.2) is 34.6 Å². The molecule has 1 heterocycles. The minimum atomic E-state index is -1.50. The number of fused-ring (bicyclic) bond motifs is 3. The average Bonchev–Trinajstić information content (AvgIpc) is 3.18. The van der Waals surface area contributed by atoms with Crippen LogP contribution in [0.4, 0.5) is 0 Å². The lowest BCUT2D eigenvalue weighted by Crippen LogP contribution is -2.68. The van der Waals surface area contributed by atoms with Crippen LogP contribution in [-0.2, 0) is 19.1 Å². The fraction of sp³-hybridized carbons (Fsp3) is 0.700. The van der Waals surface area contributed by atoms with E-state index < -0.39 is 33.9 Å². The number of rotatable bonds is 7. The number of hydrogen-bond donors (Lipinski definition) is 1. The first-order chi connectivity index (χ1) is 15.9. The summed E-state index contributed by atoms with van der Waals surface area (Å²) >= 11 is 0. The van der Waals surface area contributed by atoms with Crippen molar-refractivity contribution in [3.05, 3.63) is 34.6 Å². The summed E-state index contributed by atoms with van der Waals surface area (Å²) in [5, 5.41) is 10.8. The lowest BCUT2D eigenvalue weighted by atomic mass is 9.39. The van der Waals surface area contributed by atoms with Gasteiger partial charge in [-0.05, 0) is 72.1 Å². The fourth-order valence-corrected chi connectivity index (χ4v) is 6.43. The van der Waals surface area contributed by atoms with Gasteiger partial charge in [0.25, 0.3) is 0 Å². The normalized spacial score (nSPS) is 31.8. The van der Waals surface area contributed by atoms with Crippen LogP contribution in [0.2, 0.25) is 0 Å². The van der Waals surface area contributed by atoms with Gasteiger partial charge >= 0.3 is 0 Å². The van der Waals surface area contributed by atoms with Gasteiger partial charge in [0.2, 0.25) is 0 Å². The molecule has 0 spiro atoms. The summed E-state index contributed by atoms with van der Waals surface area (Å²) in [6.07, 6.45) is 4.92. The Morgan fingerprint density at radius 2 is 1.69 bits per heavy atom. The summed E-state index contributed by atoms with van der Waals surface area (Å²) in [6, 6.07) is 0. The summed E-state index contributed by atoms with van der Waals surface area (Å²) in [5.41, 5.74) is -2.13. The Hall–Kier alpha value is -2.01. The van der Waals surface area contributed by atoms with E-state index in [1.807, 2.05) is 61.5 Å². The molecule has 1 aliphatic heterocycles. The fourth-order valence-electron chi connectivity index (χ4n) is 6.43. The van der Waals surface area contributed by atoms with Crippen LogP contribution in [0, 0.1) is 28.1 Å². The van der Waals surface area contributed by atoms with Gasteiger partial charge in [0.1, 0.15) is 22.7 Å². The standard InChI is InChI=1S/C30H44O5/c1-17(2)11-12-20-16-29(23(31)19(5)6)25-21(15-22(35-25)28(9,10)34)24(32)30(26(29)33,27(20,7)8)14-13-18(3)4/h11,13,19-20,22,34H,12,14-16H2,1-10H3/t20-,22+,29+,30+/m1/s1. The highest BCUT2D eigenvalue weighted by molar-refractivity contribution is 6.27. The summed E-state index contributed by atoms with van der Waals surface area (Å²) in [4.78, 5) is 43.3. The zero-order valence-electron chi connectivity index (χ0n) is 23.3. The first-order valence-corrected chi connectivity index (χ1v) is 13.0. The molecule has 2 bridgehead atoms. The van der Waals surface area contributed by atoms with Crippen molar-refractivity contribution in [2.45, 2.75) is 107 Å². The van der Waals surface area contributed by atoms with E-state index in [-0.39, 0.29) is 41.9 Å². The molecule has 0 unspecified atom stereocenters. The average molecular weight is 485 g/mol. The van der Waals surface area contributed by atoms with E-state index in [4.69, 9.17) is 4.74 Å². The maximum Gasteiger partial charge on any atom is 0.176 e. The van der Waals surface area contributed by atoms with Crippen molar-refractivity contribution in [3.63, 3.8) is 0 Å². The van der Waals surface area contributed by atoms with Gasteiger partial charge in [-0.2, -0.15) is 0 Å². The van der Waals surface area contributed by atoms with Crippen LogP contribution in [0.5, 0.6) is 0 Å². The van der Waals surface area contributed by atoms with Crippen LogP contribution >= 0.6 is 0 Å². The molecule has 0 aromatic carbocycles. The van der Waals surface area contributed by atoms with Crippen LogP contribution in [0.3, 0.4) is 0 Å². The highest BCUT2D eigenvalue weighted by atomic mass is 16.5. The summed E-state index contributed by atoms with van der Waals surface area (Å²) in [5.74, 6) is -0.967. The van der Waals surface area contributed by atoms with Crippen molar-refractivity contribution in [3.8, 4) is 0 Å². The topological polar surface area (TPSA) is 80.7 Å². The molecular weight excluding hydrogens is 440 g/mol. The molecule has 5 nitrogen and oxygen atoms in total. The van der Waals surface area contributed by atoms with E-state index in [0.717, 1.165) is 11.1 Å². The van der Waals surface area contributed by atoms with Crippen molar-refractivity contribution in [2.75, 3.05) is 0 Å². The predicted molar refractivity (Wildman–Crippen MR) is 138 cm³/mol. The Bertz CT molecular complexity index is 1020. The molecule has 35 heavy (non-hydrogen) atoms. The van der Waals surface area contributed by atoms with Gasteiger partial charge in [0.05, 0.1) is 5.60 Å². The summed E-state index contributed by atoms with van der Waals surface area (Å²) in [6.45, 7) is 19.0. The molecule has 3 rings (SSSR count). The minimum Gasteiger partial charge on any atom is -0.489 e. The molecule has 194 valence electrons. The Labute approximate surface area is 211 Å². The lowest BCUT2D eigenvalue weighted by Gasteiger charge is -2.60. The van der Waals surface area contributed by atoms with E-state index >= 15 is 0 Å². The molecule has 5 heteroatoms. The smallest absolute Gasteiger partial charge is 0.176 e. The molecule has 1 fully saturated rings. The van der Waals surface area contributed by atoms with Gasteiger partial charge in [-0.15, -0.1) is 0 Å². The highest BCUT2D eigenvalue weighted by Crippen LogP contribution is 2.67. The number of hydrogen-bond acceptors (Lipinski definition) is 5. The van der Waals surface area contributed by atoms with Crippen molar-refractivity contribution in [1.82, 2.24) is 0 Å². The molecule has 0 radical (unpaired) electrons. The molecule has 1 saturated carbocycles. The molecule has 0 amide bonds. The van der Waals surface area contributed by atoms with Gasteiger partial charge in [-0.1, -0.05) is 51.0 Å². The molecule has 2 aliphatic carbocycles. The van der Waals surface area contributed by atoms with Crippen molar-refractivity contribution in [1.29, 1.82) is 0 Å². The van der Waals surface area contributed by atoms with Gasteiger partial charge in [-0.3, -0.25) is 14.4 Å². The first kappa shape index (κ1) is 27.6. The second kappa shape index (κ2) is 8.83. The predicted octanol–water partition coefficient (Wildman–Crippen LogP) is 5.91. The molecule has 1 N–H and O–H groups in total.